The van der Waals surface area contributed by atoms with E-state index in [1.807, 2.05) is 19.9 Å². The van der Waals surface area contributed by atoms with Crippen molar-refractivity contribution in [2.24, 2.45) is 61.3 Å². The van der Waals surface area contributed by atoms with E-state index < -0.39 is 10.8 Å². The number of methoxy groups -OCH3 is 1. The number of ether oxygens (including phenoxy) is 1. The standard InChI is InChI=1S/C32H46N2O4/c1-27(2)11-13-32(26(36)38-8)14-12-31(7)24(20(32)17-27)21(34-37)15-23-29(5)16-19(18-33)25(35)28(3,4)22(29)9-10-30(23,31)6/h16,20,22-24,37H,9-15,17H2,1-8H3/t20?,22-,23+,24?,29-,30+,31+,32-/m0/s1. The van der Waals surface area contributed by atoms with Gasteiger partial charge >= 0.3 is 5.97 Å². The van der Waals surface area contributed by atoms with Crippen molar-refractivity contribution in [3.05, 3.63) is 11.6 Å². The summed E-state index contributed by atoms with van der Waals surface area (Å²) in [6, 6.07) is 2.22. The highest BCUT2D eigenvalue weighted by Gasteiger charge is 2.72. The van der Waals surface area contributed by atoms with Gasteiger partial charge in [-0.15, -0.1) is 0 Å². The summed E-state index contributed by atoms with van der Waals surface area (Å²) in [4.78, 5) is 26.8. The van der Waals surface area contributed by atoms with E-state index in [1.54, 1.807) is 0 Å². The summed E-state index contributed by atoms with van der Waals surface area (Å²) in [5.74, 6) is 0.129. The fourth-order valence-electron chi connectivity index (χ4n) is 11.0. The van der Waals surface area contributed by atoms with Crippen LogP contribution in [-0.2, 0) is 14.3 Å². The molecule has 0 aromatic rings. The molecule has 0 saturated heterocycles. The van der Waals surface area contributed by atoms with Crippen molar-refractivity contribution in [3.63, 3.8) is 0 Å². The van der Waals surface area contributed by atoms with Gasteiger partial charge in [-0.3, -0.25) is 9.59 Å². The predicted molar refractivity (Wildman–Crippen MR) is 145 cm³/mol. The Kier molecular flexibility index (Phi) is 5.90. The number of nitrogens with zero attached hydrogens (tertiary/aromatic N) is 2. The molecule has 0 aliphatic heterocycles. The third-order valence-corrected chi connectivity index (χ3v) is 13.2. The average molecular weight is 523 g/mol. The average Bonchev–Trinajstić information content (AvgIpc) is 2.85. The molecule has 6 nitrogen and oxygen atoms in total. The van der Waals surface area contributed by atoms with Crippen LogP contribution in [0.5, 0.6) is 0 Å². The van der Waals surface area contributed by atoms with Gasteiger partial charge < -0.3 is 9.94 Å². The molecule has 0 aromatic carbocycles. The number of Topliss-reactive ketones (excluding diaryl/α,β-unsaturated/α-hetero) is 1. The van der Waals surface area contributed by atoms with E-state index in [2.05, 4.69) is 45.8 Å². The van der Waals surface area contributed by atoms with Gasteiger partial charge in [0.1, 0.15) is 6.07 Å². The highest BCUT2D eigenvalue weighted by atomic mass is 16.5. The van der Waals surface area contributed by atoms with Gasteiger partial charge in [-0.2, -0.15) is 5.26 Å². The van der Waals surface area contributed by atoms with Crippen molar-refractivity contribution < 1.29 is 19.5 Å². The Bertz CT molecular complexity index is 1180. The number of hydrogen-bond acceptors (Lipinski definition) is 6. The Labute approximate surface area is 228 Å². The molecule has 0 heterocycles. The molecule has 6 heteroatoms. The fraction of sp³-hybridized carbons (Fsp3) is 0.812. The Morgan fingerprint density at radius 1 is 1.03 bits per heavy atom. The molecule has 8 atom stereocenters. The third-order valence-electron chi connectivity index (χ3n) is 13.2. The zero-order valence-corrected chi connectivity index (χ0v) is 24.6. The number of rotatable bonds is 1. The van der Waals surface area contributed by atoms with Gasteiger partial charge in [-0.25, -0.2) is 0 Å². The zero-order chi connectivity index (χ0) is 28.1. The molecule has 0 radical (unpaired) electrons. The van der Waals surface area contributed by atoms with E-state index in [1.165, 1.54) is 7.11 Å². The lowest BCUT2D eigenvalue weighted by Crippen LogP contribution is -2.69. The fourth-order valence-corrected chi connectivity index (χ4v) is 11.0. The van der Waals surface area contributed by atoms with Gasteiger partial charge in [0.05, 0.1) is 23.8 Å². The third kappa shape index (κ3) is 3.20. The van der Waals surface area contributed by atoms with Gasteiger partial charge in [0.25, 0.3) is 0 Å². The zero-order valence-electron chi connectivity index (χ0n) is 24.6. The second-order valence-corrected chi connectivity index (χ2v) is 15.5. The molecule has 5 aliphatic rings. The number of carbonyl (C=O) groups excluding carboxylic acids is 2. The smallest absolute Gasteiger partial charge is 0.312 e. The minimum atomic E-state index is -0.621. The Balaban J connectivity index is 1.68. The number of oxime groups is 1. The van der Waals surface area contributed by atoms with Gasteiger partial charge in [-0.1, -0.05) is 59.7 Å². The Morgan fingerprint density at radius 2 is 1.68 bits per heavy atom. The van der Waals surface area contributed by atoms with E-state index in [9.17, 15) is 20.1 Å². The molecule has 1 N–H and O–H groups in total. The van der Waals surface area contributed by atoms with Crippen LogP contribution in [0.4, 0.5) is 0 Å². The number of nitriles is 1. The SMILES string of the molecule is COC(=O)[C@]12CCC(C)(C)CC1C1C(=NO)C[C@@H]3[C@@]4(C)C=C(C#N)C(=O)C(C)(C)[C@@H]4CC[C@@]3(C)[C@]1(C)CC2. The first kappa shape index (κ1) is 27.4. The molecule has 0 amide bonds. The van der Waals surface area contributed by atoms with E-state index in [0.717, 1.165) is 50.7 Å². The minimum absolute atomic E-state index is 0.0148. The number of carbonyl (C=O) groups is 2. The predicted octanol–water partition coefficient (Wildman–Crippen LogP) is 6.72. The lowest BCUT2D eigenvalue weighted by molar-refractivity contribution is -0.207. The number of hydrogen-bond donors (Lipinski definition) is 1. The lowest BCUT2D eigenvalue weighted by Gasteiger charge is -2.72. The highest BCUT2D eigenvalue weighted by Crippen LogP contribution is 2.76. The molecule has 5 rings (SSSR count). The molecule has 0 bridgehead atoms. The van der Waals surface area contributed by atoms with Crippen LogP contribution in [0, 0.1) is 67.5 Å². The summed E-state index contributed by atoms with van der Waals surface area (Å²) in [7, 11) is 1.51. The molecule has 38 heavy (non-hydrogen) atoms. The van der Waals surface area contributed by atoms with Crippen molar-refractivity contribution in [2.45, 2.75) is 99.8 Å². The Morgan fingerprint density at radius 3 is 2.29 bits per heavy atom. The second kappa shape index (κ2) is 8.18. The van der Waals surface area contributed by atoms with Gasteiger partial charge in [0.2, 0.25) is 0 Å². The first-order valence-electron chi connectivity index (χ1n) is 14.5. The number of esters is 1. The summed E-state index contributed by atoms with van der Waals surface area (Å²) in [6.45, 7) is 15.7. The quantitative estimate of drug-likeness (QED) is 0.234. The normalized spacial score (nSPS) is 47.9. The van der Waals surface area contributed by atoms with Crippen LogP contribution in [0.1, 0.15) is 99.8 Å². The van der Waals surface area contributed by atoms with Crippen LogP contribution < -0.4 is 0 Å². The molecule has 4 fully saturated rings. The van der Waals surface area contributed by atoms with Crippen molar-refractivity contribution in [2.75, 3.05) is 7.11 Å². The maximum Gasteiger partial charge on any atom is 0.312 e. The van der Waals surface area contributed by atoms with Gasteiger partial charge in [-0.05, 0) is 90.8 Å². The largest absolute Gasteiger partial charge is 0.469 e. The van der Waals surface area contributed by atoms with Crippen molar-refractivity contribution >= 4 is 17.5 Å². The van der Waals surface area contributed by atoms with Crippen LogP contribution in [0.2, 0.25) is 0 Å². The van der Waals surface area contributed by atoms with Crippen LogP contribution in [-0.4, -0.2) is 29.8 Å². The van der Waals surface area contributed by atoms with Gasteiger partial charge in [0.15, 0.2) is 5.78 Å². The molecular formula is C32H46N2O4. The van der Waals surface area contributed by atoms with Gasteiger partial charge in [0, 0.05) is 11.3 Å². The van der Waals surface area contributed by atoms with E-state index in [4.69, 9.17) is 4.74 Å². The second-order valence-electron chi connectivity index (χ2n) is 15.5. The van der Waals surface area contributed by atoms with Crippen molar-refractivity contribution in [1.82, 2.24) is 0 Å². The Hall–Kier alpha value is -2.16. The summed E-state index contributed by atoms with van der Waals surface area (Å²) < 4.78 is 5.46. The van der Waals surface area contributed by atoms with Crippen LogP contribution in [0.15, 0.2) is 16.8 Å². The monoisotopic (exact) mass is 522 g/mol. The summed E-state index contributed by atoms with van der Waals surface area (Å²) in [5, 5.41) is 24.5. The first-order chi connectivity index (χ1) is 17.6. The summed E-state index contributed by atoms with van der Waals surface area (Å²) >= 11 is 0. The highest BCUT2D eigenvalue weighted by molar-refractivity contribution is 6.04. The van der Waals surface area contributed by atoms with Crippen LogP contribution in [0.25, 0.3) is 0 Å². The maximum absolute atomic E-state index is 13.5. The minimum Gasteiger partial charge on any atom is -0.469 e. The lowest BCUT2D eigenvalue weighted by atomic mass is 9.31. The molecule has 0 spiro atoms. The molecule has 2 unspecified atom stereocenters. The molecular weight excluding hydrogens is 476 g/mol. The van der Waals surface area contributed by atoms with E-state index in [0.29, 0.717) is 6.42 Å². The number of ketones is 1. The number of fused-ring (bicyclic) bond motifs is 7. The van der Waals surface area contributed by atoms with Crippen LogP contribution in [0.3, 0.4) is 0 Å². The molecule has 208 valence electrons. The van der Waals surface area contributed by atoms with Crippen molar-refractivity contribution in [1.29, 1.82) is 5.26 Å². The summed E-state index contributed by atoms with van der Waals surface area (Å²) in [5.41, 5.74) is -0.652. The van der Waals surface area contributed by atoms with E-state index >= 15 is 0 Å². The molecule has 4 saturated carbocycles. The summed E-state index contributed by atoms with van der Waals surface area (Å²) in [6.07, 6.45) is 8.87. The first-order valence-corrected chi connectivity index (χ1v) is 14.5. The molecule has 5 aliphatic carbocycles. The number of allylic oxidation sites excluding steroid dienone is 2. The maximum atomic E-state index is 13.5. The topological polar surface area (TPSA) is 99.8 Å². The van der Waals surface area contributed by atoms with E-state index in [-0.39, 0.29) is 62.7 Å². The molecule has 0 aromatic heterocycles. The van der Waals surface area contributed by atoms with Crippen LogP contribution >= 0.6 is 0 Å². The van der Waals surface area contributed by atoms with Crippen molar-refractivity contribution in [3.8, 4) is 6.07 Å².